The van der Waals surface area contributed by atoms with Crippen LogP contribution in [0.3, 0.4) is 0 Å². The van der Waals surface area contributed by atoms with Crippen LogP contribution in [0.2, 0.25) is 0 Å². The van der Waals surface area contributed by atoms with Gasteiger partial charge in [-0.3, -0.25) is 14.6 Å². The van der Waals surface area contributed by atoms with Crippen LogP contribution in [0, 0.1) is 5.92 Å². The summed E-state index contributed by atoms with van der Waals surface area (Å²) in [6.07, 6.45) is 4.42. The van der Waals surface area contributed by atoms with Gasteiger partial charge in [-0.05, 0) is 30.5 Å². The lowest BCUT2D eigenvalue weighted by Crippen LogP contribution is -2.47. The average Bonchev–Trinajstić information content (AvgIpc) is 2.72. The second-order valence-corrected chi connectivity index (χ2v) is 6.52. The number of nitrogens with one attached hydrogen (secondary N) is 1. The van der Waals surface area contributed by atoms with Gasteiger partial charge >= 0.3 is 5.97 Å². The highest BCUT2D eigenvalue weighted by molar-refractivity contribution is 5.94. The standard InChI is InChI=1S/C20H21N3O4/c24-18(22-17(20(26)27)14-5-2-1-3-6-14)16-7-4-12-23(13-16)19(25)15-8-10-21-11-9-15/h1-3,5-6,8-11,16-17H,4,7,12-13H2,(H,22,24)(H,26,27)/t16?,17-/m0/s1. The zero-order valence-electron chi connectivity index (χ0n) is 14.7. The molecule has 27 heavy (non-hydrogen) atoms. The van der Waals surface area contributed by atoms with Crippen molar-refractivity contribution in [2.45, 2.75) is 18.9 Å². The molecule has 1 unspecified atom stereocenters. The first-order valence-corrected chi connectivity index (χ1v) is 8.83. The van der Waals surface area contributed by atoms with E-state index >= 15 is 0 Å². The lowest BCUT2D eigenvalue weighted by molar-refractivity contribution is -0.143. The van der Waals surface area contributed by atoms with Crippen molar-refractivity contribution in [3.63, 3.8) is 0 Å². The van der Waals surface area contributed by atoms with Gasteiger partial charge in [0.25, 0.3) is 5.91 Å². The molecule has 1 fully saturated rings. The summed E-state index contributed by atoms with van der Waals surface area (Å²) < 4.78 is 0. The Balaban J connectivity index is 1.67. The number of hydrogen-bond acceptors (Lipinski definition) is 4. The van der Waals surface area contributed by atoms with Gasteiger partial charge in [-0.1, -0.05) is 30.3 Å². The quantitative estimate of drug-likeness (QED) is 0.840. The van der Waals surface area contributed by atoms with E-state index in [0.717, 1.165) is 0 Å². The summed E-state index contributed by atoms with van der Waals surface area (Å²) in [7, 11) is 0. The number of piperidine rings is 1. The van der Waals surface area contributed by atoms with Gasteiger partial charge in [0, 0.05) is 31.0 Å². The Morgan fingerprint density at radius 3 is 2.48 bits per heavy atom. The van der Waals surface area contributed by atoms with E-state index in [9.17, 15) is 19.5 Å². The number of carboxylic acids is 1. The number of hydrogen-bond donors (Lipinski definition) is 2. The van der Waals surface area contributed by atoms with Crippen molar-refractivity contribution in [1.29, 1.82) is 0 Å². The van der Waals surface area contributed by atoms with E-state index in [4.69, 9.17) is 0 Å². The van der Waals surface area contributed by atoms with Gasteiger partial charge in [0.05, 0.1) is 5.92 Å². The summed E-state index contributed by atoms with van der Waals surface area (Å²) in [6.45, 7) is 0.847. The molecule has 1 aliphatic heterocycles. The fourth-order valence-corrected chi connectivity index (χ4v) is 3.25. The number of carboxylic acid groups (broad SMARTS) is 1. The number of rotatable bonds is 5. The summed E-state index contributed by atoms with van der Waals surface area (Å²) >= 11 is 0. The molecule has 0 aliphatic carbocycles. The molecule has 1 aromatic heterocycles. The molecule has 0 saturated carbocycles. The van der Waals surface area contributed by atoms with Crippen LogP contribution in [0.1, 0.15) is 34.8 Å². The van der Waals surface area contributed by atoms with Gasteiger partial charge in [-0.25, -0.2) is 4.79 Å². The molecular weight excluding hydrogens is 346 g/mol. The molecule has 0 radical (unpaired) electrons. The van der Waals surface area contributed by atoms with Crippen LogP contribution < -0.4 is 5.32 Å². The minimum absolute atomic E-state index is 0.146. The highest BCUT2D eigenvalue weighted by Gasteiger charge is 2.31. The topological polar surface area (TPSA) is 99.6 Å². The van der Waals surface area contributed by atoms with Crippen molar-refractivity contribution in [2.24, 2.45) is 5.92 Å². The number of pyridine rings is 1. The van der Waals surface area contributed by atoms with Crippen molar-refractivity contribution >= 4 is 17.8 Å². The Kier molecular flexibility index (Phi) is 5.80. The maximum absolute atomic E-state index is 12.7. The minimum atomic E-state index is -1.12. The fraction of sp³-hybridized carbons (Fsp3) is 0.300. The molecule has 0 bridgehead atoms. The van der Waals surface area contributed by atoms with Crippen LogP contribution in [0.15, 0.2) is 54.9 Å². The third-order valence-corrected chi connectivity index (χ3v) is 4.67. The highest BCUT2D eigenvalue weighted by atomic mass is 16.4. The van der Waals surface area contributed by atoms with Gasteiger partial charge in [0.2, 0.25) is 5.91 Å². The lowest BCUT2D eigenvalue weighted by Gasteiger charge is -2.32. The Hall–Kier alpha value is -3.22. The van der Waals surface area contributed by atoms with Crippen LogP contribution in [-0.2, 0) is 9.59 Å². The van der Waals surface area contributed by atoms with Gasteiger partial charge in [0.15, 0.2) is 6.04 Å². The van der Waals surface area contributed by atoms with Crippen molar-refractivity contribution < 1.29 is 19.5 Å². The number of nitrogens with zero attached hydrogens (tertiary/aromatic N) is 2. The molecule has 1 aromatic carbocycles. The normalized spacial score (nSPS) is 17.8. The molecule has 1 saturated heterocycles. The maximum Gasteiger partial charge on any atom is 0.330 e. The Morgan fingerprint density at radius 2 is 1.81 bits per heavy atom. The third kappa shape index (κ3) is 4.49. The van der Waals surface area contributed by atoms with E-state index in [1.807, 2.05) is 0 Å². The Morgan fingerprint density at radius 1 is 1.11 bits per heavy atom. The number of aromatic nitrogens is 1. The lowest BCUT2D eigenvalue weighted by atomic mass is 9.95. The van der Waals surface area contributed by atoms with Crippen LogP contribution in [0.25, 0.3) is 0 Å². The average molecular weight is 367 g/mol. The number of benzene rings is 1. The molecule has 2 aromatic rings. The number of carbonyl (C=O) groups excluding carboxylic acids is 2. The summed E-state index contributed by atoms with van der Waals surface area (Å²) in [5.41, 5.74) is 1.04. The number of amides is 2. The van der Waals surface area contributed by atoms with E-state index in [2.05, 4.69) is 10.3 Å². The van der Waals surface area contributed by atoms with Gasteiger partial charge in [-0.2, -0.15) is 0 Å². The largest absolute Gasteiger partial charge is 0.479 e. The second-order valence-electron chi connectivity index (χ2n) is 6.52. The first-order valence-electron chi connectivity index (χ1n) is 8.83. The zero-order chi connectivity index (χ0) is 19.2. The second kappa shape index (κ2) is 8.44. The predicted molar refractivity (Wildman–Crippen MR) is 97.8 cm³/mol. The first kappa shape index (κ1) is 18.6. The Bertz CT molecular complexity index is 810. The molecule has 0 spiro atoms. The summed E-state index contributed by atoms with van der Waals surface area (Å²) in [4.78, 5) is 42.4. The summed E-state index contributed by atoms with van der Waals surface area (Å²) in [6, 6.07) is 10.8. The van der Waals surface area contributed by atoms with Crippen LogP contribution in [0.4, 0.5) is 0 Å². The third-order valence-electron chi connectivity index (χ3n) is 4.67. The smallest absolute Gasteiger partial charge is 0.330 e. The highest BCUT2D eigenvalue weighted by Crippen LogP contribution is 2.21. The Labute approximate surface area is 157 Å². The molecule has 2 N–H and O–H groups in total. The number of carbonyl (C=O) groups is 3. The molecule has 1 aliphatic rings. The van der Waals surface area contributed by atoms with Crippen molar-refractivity contribution in [2.75, 3.05) is 13.1 Å². The SMILES string of the molecule is O=C(N[C@H](C(=O)O)c1ccccc1)C1CCCN(C(=O)c2ccncc2)C1. The van der Waals surface area contributed by atoms with E-state index < -0.39 is 17.9 Å². The minimum Gasteiger partial charge on any atom is -0.479 e. The zero-order valence-corrected chi connectivity index (χ0v) is 14.7. The maximum atomic E-state index is 12.7. The molecule has 140 valence electrons. The molecular formula is C20H21N3O4. The molecule has 3 rings (SSSR count). The predicted octanol–water partition coefficient (Wildman–Crippen LogP) is 1.88. The summed E-state index contributed by atoms with van der Waals surface area (Å²) in [5.74, 6) is -2.04. The van der Waals surface area contributed by atoms with Gasteiger partial charge in [-0.15, -0.1) is 0 Å². The first-order chi connectivity index (χ1) is 13.1. The molecule has 2 heterocycles. The fourth-order valence-electron chi connectivity index (χ4n) is 3.25. The molecule has 7 nitrogen and oxygen atoms in total. The molecule has 2 atom stereocenters. The number of likely N-dealkylation sites (tertiary alicyclic amines) is 1. The van der Waals surface area contributed by atoms with E-state index in [1.165, 1.54) is 0 Å². The molecule has 7 heteroatoms. The summed E-state index contributed by atoms with van der Waals surface area (Å²) in [5, 5.41) is 12.1. The van der Waals surface area contributed by atoms with Crippen LogP contribution >= 0.6 is 0 Å². The monoisotopic (exact) mass is 367 g/mol. The van der Waals surface area contributed by atoms with E-state index in [1.54, 1.807) is 59.8 Å². The van der Waals surface area contributed by atoms with E-state index in [-0.39, 0.29) is 18.4 Å². The number of aliphatic carboxylic acids is 1. The van der Waals surface area contributed by atoms with Gasteiger partial charge in [0.1, 0.15) is 0 Å². The van der Waals surface area contributed by atoms with Crippen molar-refractivity contribution in [3.05, 3.63) is 66.0 Å². The van der Waals surface area contributed by atoms with Gasteiger partial charge < -0.3 is 15.3 Å². The van der Waals surface area contributed by atoms with Crippen LogP contribution in [0.5, 0.6) is 0 Å². The van der Waals surface area contributed by atoms with Crippen molar-refractivity contribution in [3.8, 4) is 0 Å². The van der Waals surface area contributed by atoms with E-state index in [0.29, 0.717) is 30.5 Å². The van der Waals surface area contributed by atoms with Crippen LogP contribution in [-0.4, -0.2) is 45.9 Å². The van der Waals surface area contributed by atoms with Crippen molar-refractivity contribution in [1.82, 2.24) is 15.2 Å². The molecule has 2 amide bonds.